The molecule has 0 saturated carbocycles. The van der Waals surface area contributed by atoms with Crippen molar-refractivity contribution in [2.45, 2.75) is 25.3 Å². The zero-order chi connectivity index (χ0) is 19.6. The van der Waals surface area contributed by atoms with E-state index in [1.54, 1.807) is 0 Å². The quantitative estimate of drug-likeness (QED) is 0.681. The maximum Gasteiger partial charge on any atom is 0.162 e. The van der Waals surface area contributed by atoms with Crippen LogP contribution in [0.5, 0.6) is 11.5 Å². The van der Waals surface area contributed by atoms with E-state index in [-0.39, 0.29) is 0 Å². The molecule has 2 aliphatic heterocycles. The molecule has 3 aromatic rings. The van der Waals surface area contributed by atoms with Crippen LogP contribution >= 0.6 is 0 Å². The van der Waals surface area contributed by atoms with Gasteiger partial charge in [-0.1, -0.05) is 0 Å². The fourth-order valence-electron chi connectivity index (χ4n) is 4.39. The highest BCUT2D eigenvalue weighted by Crippen LogP contribution is 2.36. The van der Waals surface area contributed by atoms with E-state index < -0.39 is 0 Å². The molecule has 150 valence electrons. The summed E-state index contributed by atoms with van der Waals surface area (Å²) in [6.07, 6.45) is 8.31. The van der Waals surface area contributed by atoms with Crippen molar-refractivity contribution in [3.8, 4) is 22.8 Å². The number of aromatic nitrogens is 3. The predicted molar refractivity (Wildman–Crippen MR) is 111 cm³/mol. The molecule has 5 rings (SSSR count). The molecule has 1 saturated heterocycles. The summed E-state index contributed by atoms with van der Waals surface area (Å²) in [5, 5.41) is 4.74. The van der Waals surface area contributed by atoms with Crippen LogP contribution in [-0.4, -0.2) is 46.0 Å². The lowest BCUT2D eigenvalue weighted by Gasteiger charge is -2.32. The summed E-state index contributed by atoms with van der Waals surface area (Å²) < 4.78 is 13.3. The molecular formula is C23H26N4O2. The summed E-state index contributed by atoms with van der Waals surface area (Å²) in [5.41, 5.74) is 4.78. The van der Waals surface area contributed by atoms with Gasteiger partial charge in [0.05, 0.1) is 5.69 Å². The van der Waals surface area contributed by atoms with Gasteiger partial charge in [0.15, 0.2) is 11.5 Å². The number of nitrogens with zero attached hydrogens (tertiary/aromatic N) is 4. The van der Waals surface area contributed by atoms with E-state index in [0.717, 1.165) is 42.4 Å². The molecule has 2 aromatic heterocycles. The molecule has 0 N–H and O–H groups in total. The molecule has 0 spiro atoms. The smallest absolute Gasteiger partial charge is 0.162 e. The van der Waals surface area contributed by atoms with Gasteiger partial charge in [0.1, 0.15) is 13.2 Å². The van der Waals surface area contributed by atoms with E-state index in [4.69, 9.17) is 14.6 Å². The maximum atomic E-state index is 5.76. The van der Waals surface area contributed by atoms with Crippen LogP contribution < -0.4 is 9.47 Å². The molecule has 0 unspecified atom stereocenters. The first-order valence-electron chi connectivity index (χ1n) is 10.3. The lowest BCUT2D eigenvalue weighted by atomic mass is 9.90. The summed E-state index contributed by atoms with van der Waals surface area (Å²) >= 11 is 0. The van der Waals surface area contributed by atoms with Crippen molar-refractivity contribution >= 4 is 0 Å². The predicted octanol–water partition coefficient (Wildman–Crippen LogP) is 3.63. The molecule has 0 radical (unpaired) electrons. The third-order valence-corrected chi connectivity index (χ3v) is 5.88. The Bertz CT molecular complexity index is 978. The number of piperidine rings is 1. The molecule has 0 aliphatic carbocycles. The average Bonchev–Trinajstić information content (AvgIpc) is 3.14. The molecule has 29 heavy (non-hydrogen) atoms. The Hall–Kier alpha value is -2.86. The largest absolute Gasteiger partial charge is 0.486 e. The van der Waals surface area contributed by atoms with Gasteiger partial charge < -0.3 is 9.47 Å². The zero-order valence-electron chi connectivity index (χ0n) is 16.8. The molecule has 1 aromatic carbocycles. The van der Waals surface area contributed by atoms with E-state index in [0.29, 0.717) is 19.1 Å². The lowest BCUT2D eigenvalue weighted by molar-refractivity contribution is 0.171. The molecule has 6 nitrogen and oxygen atoms in total. The molecule has 1 fully saturated rings. The van der Waals surface area contributed by atoms with Gasteiger partial charge in [0.2, 0.25) is 0 Å². The number of fused-ring (bicyclic) bond motifs is 1. The minimum absolute atomic E-state index is 0.595. The van der Waals surface area contributed by atoms with Gasteiger partial charge in [-0.3, -0.25) is 14.6 Å². The highest BCUT2D eigenvalue weighted by molar-refractivity contribution is 5.66. The Morgan fingerprint density at radius 3 is 2.55 bits per heavy atom. The first kappa shape index (κ1) is 18.2. The lowest BCUT2D eigenvalue weighted by Crippen LogP contribution is -2.32. The summed E-state index contributed by atoms with van der Waals surface area (Å²) in [6.45, 7) is 4.32. The fourth-order valence-corrected chi connectivity index (χ4v) is 4.39. The van der Waals surface area contributed by atoms with Gasteiger partial charge in [-0.2, -0.15) is 5.10 Å². The number of rotatable bonds is 4. The third-order valence-electron chi connectivity index (χ3n) is 5.88. The van der Waals surface area contributed by atoms with E-state index in [9.17, 15) is 0 Å². The molecular weight excluding hydrogens is 364 g/mol. The number of pyridine rings is 1. The zero-order valence-corrected chi connectivity index (χ0v) is 16.8. The maximum absolute atomic E-state index is 5.76. The number of hydrogen-bond donors (Lipinski definition) is 0. The number of ether oxygens (including phenoxy) is 2. The van der Waals surface area contributed by atoms with Crippen molar-refractivity contribution in [1.29, 1.82) is 0 Å². The molecule has 6 heteroatoms. The minimum atomic E-state index is 0.595. The summed E-state index contributed by atoms with van der Waals surface area (Å²) in [5.74, 6) is 2.26. The van der Waals surface area contributed by atoms with Crippen molar-refractivity contribution in [3.63, 3.8) is 0 Å². The number of hydrogen-bond acceptors (Lipinski definition) is 5. The normalized spacial score (nSPS) is 17.4. The number of benzene rings is 1. The van der Waals surface area contributed by atoms with Gasteiger partial charge in [0.25, 0.3) is 0 Å². The molecule has 0 atom stereocenters. The van der Waals surface area contributed by atoms with E-state index in [1.165, 1.54) is 24.0 Å². The van der Waals surface area contributed by atoms with Crippen molar-refractivity contribution < 1.29 is 9.47 Å². The van der Waals surface area contributed by atoms with Crippen LogP contribution in [-0.2, 0) is 13.6 Å². The van der Waals surface area contributed by atoms with Crippen molar-refractivity contribution in [1.82, 2.24) is 19.7 Å². The standard InChI is InChI=1S/C23H26N4O2/c1-26-15-20(16-27-10-6-18(7-11-27)17-4-8-24-9-5-17)23(25-26)19-2-3-21-22(14-19)29-13-12-28-21/h2-5,8-9,14-15,18H,6-7,10-13,16H2,1H3. The van der Waals surface area contributed by atoms with Crippen LogP contribution in [0, 0.1) is 0 Å². The summed E-state index contributed by atoms with van der Waals surface area (Å²) in [7, 11) is 1.99. The molecule has 0 bridgehead atoms. The van der Waals surface area contributed by atoms with E-state index >= 15 is 0 Å². The highest BCUT2D eigenvalue weighted by atomic mass is 16.6. The first-order valence-corrected chi connectivity index (χ1v) is 10.3. The fraction of sp³-hybridized carbons (Fsp3) is 0.391. The van der Waals surface area contributed by atoms with Gasteiger partial charge in [-0.25, -0.2) is 0 Å². The second kappa shape index (κ2) is 7.87. The van der Waals surface area contributed by atoms with Gasteiger partial charge >= 0.3 is 0 Å². The van der Waals surface area contributed by atoms with Gasteiger partial charge in [0, 0.05) is 43.3 Å². The Labute approximate surface area is 171 Å². The number of aryl methyl sites for hydroxylation is 1. The van der Waals surface area contributed by atoms with Crippen molar-refractivity contribution in [2.75, 3.05) is 26.3 Å². The molecule has 0 amide bonds. The number of likely N-dealkylation sites (tertiary alicyclic amines) is 1. The van der Waals surface area contributed by atoms with Crippen molar-refractivity contribution in [3.05, 3.63) is 60.0 Å². The Kier molecular flexibility index (Phi) is 4.94. The second-order valence-electron chi connectivity index (χ2n) is 7.87. The minimum Gasteiger partial charge on any atom is -0.486 e. The van der Waals surface area contributed by atoms with Crippen LogP contribution in [0.4, 0.5) is 0 Å². The topological polar surface area (TPSA) is 52.4 Å². The highest BCUT2D eigenvalue weighted by Gasteiger charge is 2.23. The van der Waals surface area contributed by atoms with E-state index in [1.807, 2.05) is 30.2 Å². The monoisotopic (exact) mass is 390 g/mol. The van der Waals surface area contributed by atoms with Crippen LogP contribution in [0.15, 0.2) is 48.9 Å². The summed E-state index contributed by atoms with van der Waals surface area (Å²) in [6, 6.07) is 10.4. The Balaban J connectivity index is 1.31. The van der Waals surface area contributed by atoms with Gasteiger partial charge in [-0.15, -0.1) is 0 Å². The van der Waals surface area contributed by atoms with Crippen LogP contribution in [0.1, 0.15) is 29.9 Å². The third kappa shape index (κ3) is 3.85. The Morgan fingerprint density at radius 1 is 1.00 bits per heavy atom. The SMILES string of the molecule is Cn1cc(CN2CCC(c3ccncc3)CC2)c(-c2ccc3c(c2)OCCO3)n1. The van der Waals surface area contributed by atoms with Crippen LogP contribution in [0.2, 0.25) is 0 Å². The molecule has 4 heterocycles. The average molecular weight is 390 g/mol. The van der Waals surface area contributed by atoms with Gasteiger partial charge in [-0.05, 0) is 67.7 Å². The molecule has 2 aliphatic rings. The van der Waals surface area contributed by atoms with E-state index in [2.05, 4.69) is 40.3 Å². The Morgan fingerprint density at radius 2 is 1.76 bits per heavy atom. The first-order chi connectivity index (χ1) is 14.3. The second-order valence-corrected chi connectivity index (χ2v) is 7.87. The van der Waals surface area contributed by atoms with Crippen LogP contribution in [0.25, 0.3) is 11.3 Å². The van der Waals surface area contributed by atoms with Crippen molar-refractivity contribution in [2.24, 2.45) is 7.05 Å². The summed E-state index contributed by atoms with van der Waals surface area (Å²) in [4.78, 5) is 6.68. The van der Waals surface area contributed by atoms with Crippen LogP contribution in [0.3, 0.4) is 0 Å².